The zero-order valence-electron chi connectivity index (χ0n) is 13.6. The summed E-state index contributed by atoms with van der Waals surface area (Å²) >= 11 is 0. The summed E-state index contributed by atoms with van der Waals surface area (Å²) in [5, 5.41) is 8.73. The maximum absolute atomic E-state index is 13.2. The van der Waals surface area contributed by atoms with Gasteiger partial charge in [0.25, 0.3) is 0 Å². The Kier molecular flexibility index (Phi) is 5.74. The third kappa shape index (κ3) is 4.09. The maximum atomic E-state index is 13.2. The van der Waals surface area contributed by atoms with Gasteiger partial charge in [0, 0.05) is 20.0 Å². The fourth-order valence-electron chi connectivity index (χ4n) is 3.48. The minimum atomic E-state index is -0.850. The number of aliphatic carboxylic acids is 1. The van der Waals surface area contributed by atoms with Crippen molar-refractivity contribution < 1.29 is 19.1 Å². The number of benzene rings is 1. The molecule has 1 saturated carbocycles. The average Bonchev–Trinajstić information content (AvgIpc) is 2.55. The topological polar surface area (TPSA) is 57.6 Å². The summed E-state index contributed by atoms with van der Waals surface area (Å²) in [7, 11) is 1.73. The van der Waals surface area contributed by atoms with Crippen molar-refractivity contribution >= 4 is 11.9 Å². The molecule has 0 saturated heterocycles. The minimum Gasteiger partial charge on any atom is -0.481 e. The number of hydrogen-bond acceptors (Lipinski definition) is 2. The Morgan fingerprint density at radius 2 is 1.78 bits per heavy atom. The predicted octanol–water partition coefficient (Wildman–Crippen LogP) is 3.35. The lowest BCUT2D eigenvalue weighted by molar-refractivity contribution is -0.140. The van der Waals surface area contributed by atoms with E-state index in [2.05, 4.69) is 0 Å². The third-order valence-electron chi connectivity index (χ3n) is 4.74. The molecular formula is C18H24FNO3. The van der Waals surface area contributed by atoms with Crippen LogP contribution in [0.15, 0.2) is 24.3 Å². The highest BCUT2D eigenvalue weighted by atomic mass is 19.1. The number of likely N-dealkylation sites (N-methyl/N-ethyl adjacent to an activating group) is 1. The van der Waals surface area contributed by atoms with Crippen LogP contribution in [-0.4, -0.2) is 35.5 Å². The molecule has 0 aliphatic heterocycles. The first-order valence-electron chi connectivity index (χ1n) is 8.19. The molecule has 0 heterocycles. The van der Waals surface area contributed by atoms with Crippen LogP contribution in [0, 0.1) is 5.82 Å². The summed E-state index contributed by atoms with van der Waals surface area (Å²) in [6, 6.07) is 6.24. The van der Waals surface area contributed by atoms with Crippen LogP contribution >= 0.6 is 0 Å². The molecule has 1 fully saturated rings. The van der Waals surface area contributed by atoms with Gasteiger partial charge in [-0.05, 0) is 37.0 Å². The summed E-state index contributed by atoms with van der Waals surface area (Å²) in [5.41, 5.74) is 0.276. The van der Waals surface area contributed by atoms with Crippen molar-refractivity contribution in [1.82, 2.24) is 4.90 Å². The van der Waals surface area contributed by atoms with Gasteiger partial charge in [0.1, 0.15) is 5.82 Å². The molecule has 1 aliphatic carbocycles. The first-order valence-corrected chi connectivity index (χ1v) is 8.19. The second-order valence-electron chi connectivity index (χ2n) is 6.37. The Hall–Kier alpha value is -1.91. The van der Waals surface area contributed by atoms with Gasteiger partial charge < -0.3 is 10.0 Å². The third-order valence-corrected chi connectivity index (χ3v) is 4.74. The number of halogens is 1. The minimum absolute atomic E-state index is 0.0224. The molecular weight excluding hydrogens is 297 g/mol. The monoisotopic (exact) mass is 321 g/mol. The first kappa shape index (κ1) is 17.4. The first-order chi connectivity index (χ1) is 11.0. The molecule has 1 aliphatic rings. The summed E-state index contributed by atoms with van der Waals surface area (Å²) < 4.78 is 13.2. The molecule has 1 N–H and O–H groups in total. The smallest absolute Gasteiger partial charge is 0.303 e. The van der Waals surface area contributed by atoms with E-state index in [1.54, 1.807) is 24.1 Å². The van der Waals surface area contributed by atoms with Crippen LogP contribution < -0.4 is 0 Å². The number of carboxylic acid groups (broad SMARTS) is 1. The summed E-state index contributed by atoms with van der Waals surface area (Å²) in [4.78, 5) is 25.3. The van der Waals surface area contributed by atoms with Gasteiger partial charge >= 0.3 is 5.97 Å². The van der Waals surface area contributed by atoms with Crippen molar-refractivity contribution in [3.8, 4) is 0 Å². The van der Waals surface area contributed by atoms with Gasteiger partial charge in [-0.25, -0.2) is 4.39 Å². The Morgan fingerprint density at radius 3 is 2.35 bits per heavy atom. The molecule has 0 radical (unpaired) electrons. The van der Waals surface area contributed by atoms with E-state index in [-0.39, 0.29) is 18.1 Å². The van der Waals surface area contributed by atoms with Gasteiger partial charge in [0.05, 0.1) is 5.41 Å². The number of amides is 1. The largest absolute Gasteiger partial charge is 0.481 e. The van der Waals surface area contributed by atoms with Gasteiger partial charge in [-0.2, -0.15) is 0 Å². The van der Waals surface area contributed by atoms with E-state index in [0.29, 0.717) is 13.0 Å². The van der Waals surface area contributed by atoms with Crippen LogP contribution in [0.4, 0.5) is 4.39 Å². The number of carbonyl (C=O) groups excluding carboxylic acids is 1. The normalized spacial score (nSPS) is 16.8. The molecule has 23 heavy (non-hydrogen) atoms. The van der Waals surface area contributed by atoms with E-state index in [0.717, 1.165) is 37.7 Å². The van der Waals surface area contributed by atoms with Crippen molar-refractivity contribution in [3.05, 3.63) is 35.6 Å². The Balaban J connectivity index is 2.18. The molecule has 2 rings (SSSR count). The van der Waals surface area contributed by atoms with Crippen LogP contribution in [0.2, 0.25) is 0 Å². The molecule has 1 amide bonds. The lowest BCUT2D eigenvalue weighted by atomic mass is 9.68. The number of hydrogen-bond donors (Lipinski definition) is 1. The Labute approximate surface area is 136 Å². The van der Waals surface area contributed by atoms with E-state index < -0.39 is 11.4 Å². The van der Waals surface area contributed by atoms with Crippen molar-refractivity contribution in [2.45, 2.75) is 50.4 Å². The Morgan fingerprint density at radius 1 is 1.17 bits per heavy atom. The van der Waals surface area contributed by atoms with Crippen molar-refractivity contribution in [2.24, 2.45) is 0 Å². The fourth-order valence-corrected chi connectivity index (χ4v) is 3.48. The fraction of sp³-hybridized carbons (Fsp3) is 0.556. The summed E-state index contributed by atoms with van der Waals surface area (Å²) in [6.45, 7) is 0.425. The lowest BCUT2D eigenvalue weighted by Gasteiger charge is -2.39. The standard InChI is InChI=1S/C18H24FNO3/c1-20(13-5-6-16(21)22)17(23)18(11-3-2-4-12-18)14-7-9-15(19)10-8-14/h7-10H,2-6,11-13H2,1H3,(H,21,22). The summed E-state index contributed by atoms with van der Waals surface area (Å²) in [5.74, 6) is -1.13. The van der Waals surface area contributed by atoms with E-state index in [4.69, 9.17) is 5.11 Å². The van der Waals surface area contributed by atoms with E-state index in [1.807, 2.05) is 0 Å². The average molecular weight is 321 g/mol. The van der Waals surface area contributed by atoms with Crippen LogP contribution in [0.25, 0.3) is 0 Å². The van der Waals surface area contributed by atoms with Crippen LogP contribution in [0.5, 0.6) is 0 Å². The van der Waals surface area contributed by atoms with E-state index >= 15 is 0 Å². The number of carbonyl (C=O) groups is 2. The van der Waals surface area contributed by atoms with Crippen molar-refractivity contribution in [2.75, 3.05) is 13.6 Å². The summed E-state index contributed by atoms with van der Waals surface area (Å²) in [6.07, 6.45) is 5.09. The van der Waals surface area contributed by atoms with Crippen molar-refractivity contribution in [1.29, 1.82) is 0 Å². The van der Waals surface area contributed by atoms with E-state index in [9.17, 15) is 14.0 Å². The quantitative estimate of drug-likeness (QED) is 0.874. The van der Waals surface area contributed by atoms with Crippen molar-refractivity contribution in [3.63, 3.8) is 0 Å². The number of carboxylic acids is 1. The zero-order valence-corrected chi connectivity index (χ0v) is 13.6. The number of rotatable bonds is 6. The number of nitrogens with zero attached hydrogens (tertiary/aromatic N) is 1. The van der Waals surface area contributed by atoms with Crippen LogP contribution in [0.1, 0.15) is 50.5 Å². The van der Waals surface area contributed by atoms with Gasteiger partial charge in [0.15, 0.2) is 0 Å². The lowest BCUT2D eigenvalue weighted by Crippen LogP contribution is -2.47. The van der Waals surface area contributed by atoms with Gasteiger partial charge in [-0.3, -0.25) is 9.59 Å². The van der Waals surface area contributed by atoms with Crippen LogP contribution in [-0.2, 0) is 15.0 Å². The van der Waals surface area contributed by atoms with Gasteiger partial charge in [0.2, 0.25) is 5.91 Å². The highest BCUT2D eigenvalue weighted by molar-refractivity contribution is 5.88. The second-order valence-corrected chi connectivity index (χ2v) is 6.37. The molecule has 126 valence electrons. The second kappa shape index (κ2) is 7.57. The maximum Gasteiger partial charge on any atom is 0.303 e. The molecule has 0 bridgehead atoms. The predicted molar refractivity (Wildman–Crippen MR) is 85.7 cm³/mol. The molecule has 5 heteroatoms. The molecule has 1 aromatic rings. The molecule has 0 atom stereocenters. The zero-order chi connectivity index (χ0) is 16.9. The molecule has 0 spiro atoms. The van der Waals surface area contributed by atoms with Gasteiger partial charge in [-0.15, -0.1) is 0 Å². The molecule has 0 aromatic heterocycles. The molecule has 0 unspecified atom stereocenters. The van der Waals surface area contributed by atoms with Crippen LogP contribution in [0.3, 0.4) is 0 Å². The molecule has 4 nitrogen and oxygen atoms in total. The highest BCUT2D eigenvalue weighted by Gasteiger charge is 2.42. The van der Waals surface area contributed by atoms with Gasteiger partial charge in [-0.1, -0.05) is 31.4 Å². The molecule has 1 aromatic carbocycles. The Bertz CT molecular complexity index is 550. The SMILES string of the molecule is CN(CCCC(=O)O)C(=O)C1(c2ccc(F)cc2)CCCCC1. The van der Waals surface area contributed by atoms with E-state index in [1.165, 1.54) is 12.1 Å². The highest BCUT2D eigenvalue weighted by Crippen LogP contribution is 2.41.